The van der Waals surface area contributed by atoms with Gasteiger partial charge in [-0.15, -0.1) is 11.6 Å². The fraction of sp³-hybridized carbons (Fsp3) is 0.625. The summed E-state index contributed by atoms with van der Waals surface area (Å²) in [4.78, 5) is 9.32. The van der Waals surface area contributed by atoms with Crippen molar-refractivity contribution in [2.75, 3.05) is 7.11 Å². The Labute approximate surface area is 130 Å². The quantitative estimate of drug-likeness (QED) is 0.792. The molecule has 0 saturated heterocycles. The molecular formula is C16H22ClN3O. The molecule has 4 atom stereocenters. The number of methoxy groups -OCH3 is 1. The molecule has 2 heterocycles. The predicted molar refractivity (Wildman–Crippen MR) is 84.9 cm³/mol. The van der Waals surface area contributed by atoms with Crippen LogP contribution in [0.5, 0.6) is 5.88 Å². The van der Waals surface area contributed by atoms with Gasteiger partial charge in [0.25, 0.3) is 0 Å². The molecule has 1 aliphatic rings. The Hall–Kier alpha value is -1.29. The third-order valence-electron chi connectivity index (χ3n) is 4.86. The zero-order valence-electron chi connectivity index (χ0n) is 13.0. The zero-order valence-corrected chi connectivity index (χ0v) is 13.8. The van der Waals surface area contributed by atoms with Crippen LogP contribution >= 0.6 is 11.6 Å². The number of hydrogen-bond acceptors (Lipinski definition) is 3. The minimum Gasteiger partial charge on any atom is -0.481 e. The lowest BCUT2D eigenvalue weighted by Crippen LogP contribution is -2.17. The van der Waals surface area contributed by atoms with Crippen molar-refractivity contribution < 1.29 is 4.74 Å². The maximum atomic E-state index is 6.37. The van der Waals surface area contributed by atoms with Crippen molar-refractivity contribution in [2.45, 2.75) is 45.0 Å². The van der Waals surface area contributed by atoms with Crippen LogP contribution in [0.3, 0.4) is 0 Å². The highest BCUT2D eigenvalue weighted by molar-refractivity contribution is 6.20. The molecule has 1 aliphatic carbocycles. The summed E-state index contributed by atoms with van der Waals surface area (Å²) in [6.45, 7) is 6.61. The Balaban J connectivity index is 2.19. The maximum Gasteiger partial charge on any atom is 0.215 e. The Morgan fingerprint density at radius 3 is 2.62 bits per heavy atom. The molecule has 4 nitrogen and oxygen atoms in total. The van der Waals surface area contributed by atoms with Gasteiger partial charge in [-0.1, -0.05) is 13.8 Å². The van der Waals surface area contributed by atoms with Gasteiger partial charge in [0.15, 0.2) is 5.65 Å². The van der Waals surface area contributed by atoms with Crippen LogP contribution in [0.15, 0.2) is 12.1 Å². The van der Waals surface area contributed by atoms with Gasteiger partial charge in [0.05, 0.1) is 12.5 Å². The number of halogens is 1. The van der Waals surface area contributed by atoms with Crippen LogP contribution in [0.25, 0.3) is 11.2 Å². The Kier molecular flexibility index (Phi) is 3.82. The molecule has 3 rings (SSSR count). The third kappa shape index (κ3) is 2.39. The smallest absolute Gasteiger partial charge is 0.215 e. The summed E-state index contributed by atoms with van der Waals surface area (Å²) in [6, 6.07) is 4.23. The summed E-state index contributed by atoms with van der Waals surface area (Å²) in [5.41, 5.74) is 1.79. The Morgan fingerprint density at radius 2 is 2.05 bits per heavy atom. The number of hydrogen-bond donors (Lipinski definition) is 0. The standard InChI is InChI=1S/C16H22ClN3O/c1-9-5-7-13(10(9)2)20-15(11(3)17)18-12-6-8-14(21-4)19-16(12)20/h6,8-11,13H,5,7H2,1-4H3. The van der Waals surface area contributed by atoms with E-state index in [9.17, 15) is 0 Å². The second-order valence-electron chi connectivity index (χ2n) is 6.13. The lowest BCUT2D eigenvalue weighted by Gasteiger charge is -2.23. The van der Waals surface area contributed by atoms with E-state index in [1.807, 2.05) is 19.1 Å². The third-order valence-corrected chi connectivity index (χ3v) is 5.05. The number of imidazole rings is 1. The van der Waals surface area contributed by atoms with Crippen molar-refractivity contribution in [1.29, 1.82) is 0 Å². The molecule has 0 bridgehead atoms. The van der Waals surface area contributed by atoms with Gasteiger partial charge in [0.1, 0.15) is 11.3 Å². The number of alkyl halides is 1. The van der Waals surface area contributed by atoms with Crippen LogP contribution in [0.2, 0.25) is 0 Å². The summed E-state index contributed by atoms with van der Waals surface area (Å²) >= 11 is 6.37. The van der Waals surface area contributed by atoms with Crippen LogP contribution in [0.4, 0.5) is 0 Å². The topological polar surface area (TPSA) is 39.9 Å². The number of ether oxygens (including phenoxy) is 1. The molecule has 114 valence electrons. The molecule has 0 aromatic carbocycles. The first-order valence-electron chi connectivity index (χ1n) is 7.60. The fourth-order valence-electron chi connectivity index (χ4n) is 3.40. The lowest BCUT2D eigenvalue weighted by atomic mass is 9.97. The average molecular weight is 308 g/mol. The van der Waals surface area contributed by atoms with E-state index in [0.29, 0.717) is 17.8 Å². The number of nitrogens with zero attached hydrogens (tertiary/aromatic N) is 3. The van der Waals surface area contributed by atoms with Gasteiger partial charge >= 0.3 is 0 Å². The SMILES string of the molecule is COc1ccc2nc(C(C)Cl)n(C3CCC(C)C3C)c2n1. The molecule has 0 radical (unpaired) electrons. The first kappa shape index (κ1) is 14.6. The van der Waals surface area contributed by atoms with E-state index in [1.54, 1.807) is 7.11 Å². The molecule has 2 aromatic rings. The number of fused-ring (bicyclic) bond motifs is 1. The molecule has 5 heteroatoms. The predicted octanol–water partition coefficient (Wildman–Crippen LogP) is 4.35. The lowest BCUT2D eigenvalue weighted by molar-refractivity contribution is 0.349. The molecule has 0 spiro atoms. The van der Waals surface area contributed by atoms with Gasteiger partial charge in [-0.3, -0.25) is 0 Å². The Bertz CT molecular complexity index is 652. The van der Waals surface area contributed by atoms with Gasteiger partial charge in [-0.05, 0) is 37.7 Å². The minimum absolute atomic E-state index is 0.131. The van der Waals surface area contributed by atoms with Gasteiger partial charge < -0.3 is 9.30 Å². The molecule has 4 unspecified atom stereocenters. The van der Waals surface area contributed by atoms with Crippen molar-refractivity contribution in [3.8, 4) is 5.88 Å². The number of pyridine rings is 1. The average Bonchev–Trinajstić information content (AvgIpc) is 3.00. The highest BCUT2D eigenvalue weighted by atomic mass is 35.5. The van der Waals surface area contributed by atoms with E-state index in [0.717, 1.165) is 29.3 Å². The summed E-state index contributed by atoms with van der Waals surface area (Å²) in [5.74, 6) is 2.86. The van der Waals surface area contributed by atoms with Gasteiger partial charge in [-0.2, -0.15) is 4.98 Å². The van der Waals surface area contributed by atoms with E-state index < -0.39 is 0 Å². The van der Waals surface area contributed by atoms with Crippen LogP contribution in [-0.2, 0) is 0 Å². The van der Waals surface area contributed by atoms with E-state index in [1.165, 1.54) is 6.42 Å². The molecule has 0 N–H and O–H groups in total. The van der Waals surface area contributed by atoms with Crippen LogP contribution in [0, 0.1) is 11.8 Å². The summed E-state index contributed by atoms with van der Waals surface area (Å²) in [5, 5.41) is -0.131. The summed E-state index contributed by atoms with van der Waals surface area (Å²) in [6.07, 6.45) is 2.40. The summed E-state index contributed by atoms with van der Waals surface area (Å²) in [7, 11) is 1.64. The molecule has 2 aromatic heterocycles. The highest BCUT2D eigenvalue weighted by Crippen LogP contribution is 2.43. The van der Waals surface area contributed by atoms with E-state index >= 15 is 0 Å². The number of aromatic nitrogens is 3. The normalized spacial score (nSPS) is 27.2. The second-order valence-corrected chi connectivity index (χ2v) is 6.79. The van der Waals surface area contributed by atoms with Crippen molar-refractivity contribution in [3.63, 3.8) is 0 Å². The van der Waals surface area contributed by atoms with Gasteiger partial charge in [0.2, 0.25) is 5.88 Å². The second kappa shape index (κ2) is 5.48. The van der Waals surface area contributed by atoms with Crippen molar-refractivity contribution >= 4 is 22.8 Å². The molecular weight excluding hydrogens is 286 g/mol. The molecule has 0 aliphatic heterocycles. The van der Waals surface area contributed by atoms with Crippen LogP contribution < -0.4 is 4.74 Å². The first-order chi connectivity index (χ1) is 10.0. The maximum absolute atomic E-state index is 6.37. The molecule has 21 heavy (non-hydrogen) atoms. The minimum atomic E-state index is -0.131. The number of rotatable bonds is 3. The van der Waals surface area contributed by atoms with Crippen LogP contribution in [0.1, 0.15) is 50.9 Å². The van der Waals surface area contributed by atoms with Crippen LogP contribution in [-0.4, -0.2) is 21.6 Å². The van der Waals surface area contributed by atoms with E-state index in [4.69, 9.17) is 21.3 Å². The molecule has 1 fully saturated rings. The van der Waals surface area contributed by atoms with E-state index in [-0.39, 0.29) is 5.38 Å². The van der Waals surface area contributed by atoms with E-state index in [2.05, 4.69) is 23.4 Å². The monoisotopic (exact) mass is 307 g/mol. The summed E-state index contributed by atoms with van der Waals surface area (Å²) < 4.78 is 7.53. The first-order valence-corrected chi connectivity index (χ1v) is 8.03. The molecule has 0 amide bonds. The van der Waals surface area contributed by atoms with Crippen molar-refractivity contribution in [1.82, 2.24) is 14.5 Å². The van der Waals surface area contributed by atoms with Gasteiger partial charge in [-0.25, -0.2) is 4.98 Å². The molecule has 1 saturated carbocycles. The highest BCUT2D eigenvalue weighted by Gasteiger charge is 2.34. The van der Waals surface area contributed by atoms with Crippen molar-refractivity contribution in [2.24, 2.45) is 11.8 Å². The van der Waals surface area contributed by atoms with Gasteiger partial charge in [0, 0.05) is 12.1 Å². The fourth-order valence-corrected chi connectivity index (χ4v) is 3.55. The van der Waals surface area contributed by atoms with Crippen molar-refractivity contribution in [3.05, 3.63) is 18.0 Å². The Morgan fingerprint density at radius 1 is 1.29 bits per heavy atom. The zero-order chi connectivity index (χ0) is 15.1. The largest absolute Gasteiger partial charge is 0.481 e.